The first-order valence-electron chi connectivity index (χ1n) is 6.68. The van der Waals surface area contributed by atoms with Crippen molar-refractivity contribution in [2.24, 2.45) is 5.73 Å². The fourth-order valence-electron chi connectivity index (χ4n) is 1.62. The Bertz CT molecular complexity index is 653. The molecule has 0 unspecified atom stereocenters. The number of esters is 1. The third kappa shape index (κ3) is 4.58. The maximum Gasteiger partial charge on any atom is 0.311 e. The first kappa shape index (κ1) is 16.5. The van der Waals surface area contributed by atoms with Crippen LogP contribution in [0.4, 0.5) is 5.13 Å². The lowest BCUT2D eigenvalue weighted by atomic mass is 10.3. The molecule has 0 aliphatic rings. The molecule has 9 heteroatoms. The summed E-state index contributed by atoms with van der Waals surface area (Å²) in [4.78, 5) is 31.8. The smallest absolute Gasteiger partial charge is 0.311 e. The fourth-order valence-corrected chi connectivity index (χ4v) is 3.12. The molecule has 2 aromatic rings. The topological polar surface area (TPSA) is 107 Å². The maximum absolute atomic E-state index is 12.0. The van der Waals surface area contributed by atoms with Gasteiger partial charge in [0.15, 0.2) is 5.13 Å². The van der Waals surface area contributed by atoms with Crippen LogP contribution in [0.25, 0.3) is 0 Å². The molecule has 0 saturated heterocycles. The molecular weight excluding hydrogens is 324 g/mol. The summed E-state index contributed by atoms with van der Waals surface area (Å²) in [6.07, 6.45) is 0.746. The minimum atomic E-state index is -0.336. The van der Waals surface area contributed by atoms with Crippen molar-refractivity contribution < 1.29 is 14.3 Å². The van der Waals surface area contributed by atoms with Crippen molar-refractivity contribution in [3.8, 4) is 0 Å². The van der Waals surface area contributed by atoms with Crippen LogP contribution in [0, 0.1) is 0 Å². The summed E-state index contributed by atoms with van der Waals surface area (Å²) < 4.78 is 4.85. The highest BCUT2D eigenvalue weighted by atomic mass is 32.1. The van der Waals surface area contributed by atoms with Crippen molar-refractivity contribution in [2.45, 2.75) is 19.8 Å². The number of amides is 1. The Kier molecular flexibility index (Phi) is 5.99. The second-order valence-electron chi connectivity index (χ2n) is 4.25. The Morgan fingerprint density at radius 1 is 1.32 bits per heavy atom. The fraction of sp³-hybridized carbons (Fsp3) is 0.385. The number of carbonyl (C=O) groups excluding carboxylic acids is 2. The molecule has 2 aromatic heterocycles. The minimum absolute atomic E-state index is 0.0948. The molecule has 7 nitrogen and oxygen atoms in total. The van der Waals surface area contributed by atoms with Gasteiger partial charge >= 0.3 is 5.97 Å². The van der Waals surface area contributed by atoms with E-state index in [-0.39, 0.29) is 18.3 Å². The highest BCUT2D eigenvalue weighted by Gasteiger charge is 2.14. The molecule has 118 valence electrons. The zero-order chi connectivity index (χ0) is 15.9. The van der Waals surface area contributed by atoms with Crippen LogP contribution in [0.15, 0.2) is 10.8 Å². The van der Waals surface area contributed by atoms with Crippen LogP contribution in [0.2, 0.25) is 0 Å². The third-order valence-electron chi connectivity index (χ3n) is 2.55. The lowest BCUT2D eigenvalue weighted by Crippen LogP contribution is -2.13. The number of nitrogens with zero attached hydrogens (tertiary/aromatic N) is 2. The molecule has 2 rings (SSSR count). The van der Waals surface area contributed by atoms with Gasteiger partial charge in [0.2, 0.25) is 0 Å². The number of nitrogens with two attached hydrogens (primary N) is 1. The number of rotatable bonds is 7. The molecule has 0 aliphatic carbocycles. The van der Waals surface area contributed by atoms with Gasteiger partial charge in [-0.2, -0.15) is 0 Å². The summed E-state index contributed by atoms with van der Waals surface area (Å²) in [5.74, 6) is -0.659. The number of anilines is 1. The van der Waals surface area contributed by atoms with E-state index in [1.54, 1.807) is 17.7 Å². The number of ether oxygens (including phenoxy) is 1. The van der Waals surface area contributed by atoms with Gasteiger partial charge in [-0.25, -0.2) is 9.97 Å². The molecule has 0 aromatic carbocycles. The number of aromatic nitrogens is 2. The molecule has 1 amide bonds. The van der Waals surface area contributed by atoms with Crippen molar-refractivity contribution in [2.75, 3.05) is 18.5 Å². The average Bonchev–Trinajstić information content (AvgIpc) is 3.09. The summed E-state index contributed by atoms with van der Waals surface area (Å²) in [5, 5.41) is 7.33. The molecule has 3 N–H and O–H groups in total. The third-order valence-corrected chi connectivity index (χ3v) is 4.26. The van der Waals surface area contributed by atoms with Crippen molar-refractivity contribution >= 4 is 39.7 Å². The highest BCUT2D eigenvalue weighted by molar-refractivity contribution is 7.14. The number of hydrogen-bond donors (Lipinski definition) is 2. The molecular formula is C13H16N4O3S2. The van der Waals surface area contributed by atoms with E-state index >= 15 is 0 Å². The SMILES string of the molecule is CCOC(=O)Cc1csc(NC(=O)c2csc(CCN)n2)n1. The van der Waals surface area contributed by atoms with Gasteiger partial charge in [-0.05, 0) is 13.5 Å². The lowest BCUT2D eigenvalue weighted by Gasteiger charge is -1.99. The average molecular weight is 340 g/mol. The predicted molar refractivity (Wildman–Crippen MR) is 85.3 cm³/mol. The van der Waals surface area contributed by atoms with Crippen LogP contribution < -0.4 is 11.1 Å². The molecule has 0 atom stereocenters. The zero-order valence-electron chi connectivity index (χ0n) is 12.0. The van der Waals surface area contributed by atoms with Gasteiger partial charge in [0.25, 0.3) is 5.91 Å². The Morgan fingerprint density at radius 3 is 2.86 bits per heavy atom. The number of hydrogen-bond acceptors (Lipinski definition) is 8. The van der Waals surface area contributed by atoms with Crippen molar-refractivity contribution in [3.05, 3.63) is 27.2 Å². The van der Waals surface area contributed by atoms with Crippen LogP contribution in [0.5, 0.6) is 0 Å². The largest absolute Gasteiger partial charge is 0.466 e. The van der Waals surface area contributed by atoms with Crippen molar-refractivity contribution in [3.63, 3.8) is 0 Å². The molecule has 0 spiro atoms. The Labute approximate surface area is 135 Å². The number of thiazole rings is 2. The van der Waals surface area contributed by atoms with E-state index < -0.39 is 0 Å². The van der Waals surface area contributed by atoms with E-state index in [0.29, 0.717) is 36.1 Å². The predicted octanol–water partition coefficient (Wildman–Crippen LogP) is 1.46. The van der Waals surface area contributed by atoms with E-state index in [9.17, 15) is 9.59 Å². The first-order valence-corrected chi connectivity index (χ1v) is 8.44. The standard InChI is InChI=1S/C13H16N4O3S2/c1-2-20-11(18)5-8-6-22-13(15-8)17-12(19)9-7-21-10(16-9)3-4-14/h6-7H,2-5,14H2,1H3,(H,15,17,19). The Hall–Kier alpha value is -1.84. The highest BCUT2D eigenvalue weighted by Crippen LogP contribution is 2.18. The molecule has 0 aliphatic heterocycles. The van der Waals surface area contributed by atoms with E-state index in [4.69, 9.17) is 10.5 Å². The van der Waals surface area contributed by atoms with Crippen LogP contribution >= 0.6 is 22.7 Å². The lowest BCUT2D eigenvalue weighted by molar-refractivity contribution is -0.142. The van der Waals surface area contributed by atoms with Crippen LogP contribution in [-0.4, -0.2) is 35.0 Å². The van der Waals surface area contributed by atoms with Gasteiger partial charge in [0.1, 0.15) is 5.69 Å². The van der Waals surface area contributed by atoms with Crippen LogP contribution in [-0.2, 0) is 22.4 Å². The van der Waals surface area contributed by atoms with E-state index in [1.807, 2.05) is 0 Å². The summed E-state index contributed by atoms with van der Waals surface area (Å²) in [5.41, 5.74) is 6.37. The first-order chi connectivity index (χ1) is 10.6. The second-order valence-corrected chi connectivity index (χ2v) is 6.05. The van der Waals surface area contributed by atoms with Crippen LogP contribution in [0.1, 0.15) is 28.1 Å². The van der Waals surface area contributed by atoms with E-state index in [0.717, 1.165) is 5.01 Å². The number of carbonyl (C=O) groups is 2. The molecule has 0 saturated carbocycles. The van der Waals surface area contributed by atoms with Gasteiger partial charge in [-0.3, -0.25) is 14.9 Å². The van der Waals surface area contributed by atoms with Gasteiger partial charge in [0.05, 0.1) is 23.7 Å². The minimum Gasteiger partial charge on any atom is -0.466 e. The molecule has 2 heterocycles. The second kappa shape index (κ2) is 7.97. The van der Waals surface area contributed by atoms with Gasteiger partial charge in [-0.15, -0.1) is 22.7 Å². The molecule has 0 radical (unpaired) electrons. The zero-order valence-corrected chi connectivity index (χ0v) is 13.6. The summed E-state index contributed by atoms with van der Waals surface area (Å²) >= 11 is 2.66. The quantitative estimate of drug-likeness (QED) is 0.739. The van der Waals surface area contributed by atoms with Crippen molar-refractivity contribution in [1.29, 1.82) is 0 Å². The van der Waals surface area contributed by atoms with Crippen LogP contribution in [0.3, 0.4) is 0 Å². The van der Waals surface area contributed by atoms with Gasteiger partial charge in [-0.1, -0.05) is 0 Å². The molecule has 0 bridgehead atoms. The van der Waals surface area contributed by atoms with E-state index in [2.05, 4.69) is 15.3 Å². The Morgan fingerprint density at radius 2 is 2.14 bits per heavy atom. The maximum atomic E-state index is 12.0. The molecule has 0 fully saturated rings. The van der Waals surface area contributed by atoms with E-state index in [1.165, 1.54) is 22.7 Å². The summed E-state index contributed by atoms with van der Waals surface area (Å²) in [7, 11) is 0. The van der Waals surface area contributed by atoms with Gasteiger partial charge < -0.3 is 10.5 Å². The normalized spacial score (nSPS) is 10.5. The summed E-state index contributed by atoms with van der Waals surface area (Å²) in [6, 6.07) is 0. The van der Waals surface area contributed by atoms with Crippen molar-refractivity contribution in [1.82, 2.24) is 9.97 Å². The number of nitrogens with one attached hydrogen (secondary N) is 1. The summed E-state index contributed by atoms with van der Waals surface area (Å²) in [6.45, 7) is 2.58. The van der Waals surface area contributed by atoms with Gasteiger partial charge in [0, 0.05) is 17.2 Å². The molecule has 22 heavy (non-hydrogen) atoms. The Balaban J connectivity index is 1.94. The monoisotopic (exact) mass is 340 g/mol.